The fourth-order valence-electron chi connectivity index (χ4n) is 5.06. The van der Waals surface area contributed by atoms with E-state index in [1.165, 1.54) is 0 Å². The summed E-state index contributed by atoms with van der Waals surface area (Å²) >= 11 is 0. The average molecular weight is 588 g/mol. The first kappa shape index (κ1) is 24.9. The van der Waals surface area contributed by atoms with E-state index >= 15 is 0 Å². The summed E-state index contributed by atoms with van der Waals surface area (Å²) in [4.78, 5) is 0. The molecule has 2 heterocycles. The Labute approximate surface area is 243 Å². The van der Waals surface area contributed by atoms with Crippen molar-refractivity contribution < 1.29 is 26.5 Å². The fourth-order valence-corrected chi connectivity index (χ4v) is 7.16. The van der Waals surface area contributed by atoms with Crippen LogP contribution in [-0.2, 0) is 0 Å². The van der Waals surface area contributed by atoms with Crippen molar-refractivity contribution in [3.8, 4) is 34.1 Å². The predicted octanol–water partition coefficient (Wildman–Crippen LogP) is 11.0. The van der Waals surface area contributed by atoms with Crippen LogP contribution in [0.2, 0.25) is 0 Å². The minimum Gasteiger partial charge on any atom is -0.409 e. The average Bonchev–Trinajstić information content (AvgIpc) is 3.18. The van der Waals surface area contributed by atoms with Gasteiger partial charge in [0.2, 0.25) is 0 Å². The highest BCUT2D eigenvalue weighted by molar-refractivity contribution is 7.43. The molecule has 0 spiro atoms. The molecule has 1 aliphatic rings. The molecule has 8 heteroatoms. The second-order valence-electron chi connectivity index (χ2n) is 9.63. The van der Waals surface area contributed by atoms with Crippen LogP contribution in [0.1, 0.15) is 0 Å². The van der Waals surface area contributed by atoms with Gasteiger partial charge in [-0.05, 0) is 59.5 Å². The highest BCUT2D eigenvalue weighted by Crippen LogP contribution is 2.53. The summed E-state index contributed by atoms with van der Waals surface area (Å²) in [6.07, 6.45) is 0. The third-order valence-electron chi connectivity index (χ3n) is 6.95. The van der Waals surface area contributed by atoms with Gasteiger partial charge in [0, 0.05) is 16.3 Å². The third-order valence-corrected chi connectivity index (χ3v) is 9.04. The number of rotatable bonds is 5. The third kappa shape index (κ3) is 4.61. The maximum Gasteiger partial charge on any atom is 0.530 e. The molecule has 1 aliphatic heterocycles. The lowest BCUT2D eigenvalue weighted by Gasteiger charge is -2.25. The first-order valence-corrected chi connectivity index (χ1v) is 15.6. The number of para-hydroxylation sites is 4. The Kier molecular flexibility index (Phi) is 6.22. The van der Waals surface area contributed by atoms with E-state index in [9.17, 15) is 0 Å². The second kappa shape index (κ2) is 10.5. The molecule has 6 aromatic carbocycles. The molecule has 1 unspecified atom stereocenters. The molecule has 6 nitrogen and oxygen atoms in total. The van der Waals surface area contributed by atoms with Crippen molar-refractivity contribution >= 4 is 49.6 Å². The summed E-state index contributed by atoms with van der Waals surface area (Å²) in [6.45, 7) is 0. The molecule has 7 aromatic rings. The Hall–Kier alpha value is -4.89. The summed E-state index contributed by atoms with van der Waals surface area (Å²) in [5.74, 6) is 2.74. The maximum absolute atomic E-state index is 6.49. The molecule has 0 radical (unpaired) electrons. The van der Waals surface area contributed by atoms with Crippen LogP contribution in [0.15, 0.2) is 142 Å². The van der Waals surface area contributed by atoms with Gasteiger partial charge in [0.15, 0.2) is 0 Å². The van der Waals surface area contributed by atoms with Gasteiger partial charge in [-0.1, -0.05) is 84.9 Å². The van der Waals surface area contributed by atoms with E-state index in [-0.39, 0.29) is 0 Å². The molecule has 0 fully saturated rings. The molecule has 0 saturated heterocycles. The summed E-state index contributed by atoms with van der Waals surface area (Å²) in [5, 5.41) is 3.82. The molecule has 0 N–H and O–H groups in total. The molecule has 0 aliphatic carbocycles. The zero-order valence-corrected chi connectivity index (χ0v) is 23.8. The van der Waals surface area contributed by atoms with Crippen molar-refractivity contribution in [3.63, 3.8) is 0 Å². The number of hydrogen-bond donors (Lipinski definition) is 0. The molecule has 8 rings (SSSR count). The van der Waals surface area contributed by atoms with Crippen LogP contribution in [0, 0.1) is 0 Å². The molecule has 1 aromatic heterocycles. The lowest BCUT2D eigenvalue weighted by atomic mass is 9.99. The quantitative estimate of drug-likeness (QED) is 0.186. The summed E-state index contributed by atoms with van der Waals surface area (Å²) < 4.78 is 37.6. The molecular weight excluding hydrogens is 566 g/mol. The topological polar surface area (TPSA) is 63.2 Å². The Morgan fingerprint density at radius 1 is 0.524 bits per heavy atom. The summed E-state index contributed by atoms with van der Waals surface area (Å²) in [6, 6.07) is 43.3. The van der Waals surface area contributed by atoms with Gasteiger partial charge in [-0.2, -0.15) is 0 Å². The SMILES string of the molecule is c1ccc(OP2Oc3cccc4cc(-c5ccccc5Op5oc6ccccc6c6ccccc6o5)cc(c34)O2)cc1. The van der Waals surface area contributed by atoms with E-state index < -0.39 is 16.8 Å². The van der Waals surface area contributed by atoms with Gasteiger partial charge in [0.05, 0.1) is 5.39 Å². The van der Waals surface area contributed by atoms with Crippen molar-refractivity contribution in [1.29, 1.82) is 0 Å². The standard InChI is InChI=1S/C34H22O6P2/c1-2-12-25(13-3-1)35-41-39-32-20-10-11-23-21-24(22-33(40-41)34(23)32)26-14-4-7-17-29(26)36-42-37-30-18-8-5-15-27(30)28-16-6-9-19-31(28)38-42/h1-22H. The van der Waals surface area contributed by atoms with Crippen LogP contribution in [0.3, 0.4) is 0 Å². The maximum atomic E-state index is 6.49. The second-order valence-corrected chi connectivity index (χ2v) is 11.6. The van der Waals surface area contributed by atoms with Crippen LogP contribution in [-0.4, -0.2) is 0 Å². The molecule has 204 valence electrons. The van der Waals surface area contributed by atoms with Crippen LogP contribution >= 0.6 is 16.8 Å². The number of hydrogen-bond acceptors (Lipinski definition) is 6. The monoisotopic (exact) mass is 588 g/mol. The van der Waals surface area contributed by atoms with Crippen LogP contribution in [0.25, 0.3) is 43.8 Å². The molecule has 0 amide bonds. The Balaban J connectivity index is 1.21. The van der Waals surface area contributed by atoms with Gasteiger partial charge < -0.3 is 26.5 Å². The van der Waals surface area contributed by atoms with Gasteiger partial charge in [0.1, 0.15) is 34.2 Å². The Morgan fingerprint density at radius 2 is 1.19 bits per heavy atom. The summed E-state index contributed by atoms with van der Waals surface area (Å²) in [5.41, 5.74) is 3.24. The van der Waals surface area contributed by atoms with Crippen molar-refractivity contribution in [2.75, 3.05) is 0 Å². The van der Waals surface area contributed by atoms with E-state index in [0.717, 1.165) is 38.4 Å². The van der Waals surface area contributed by atoms with E-state index in [4.69, 9.17) is 26.5 Å². The largest absolute Gasteiger partial charge is 0.530 e. The summed E-state index contributed by atoms with van der Waals surface area (Å²) in [7, 11) is -3.48. The molecular formula is C34H22O6P2. The van der Waals surface area contributed by atoms with E-state index in [1.807, 2.05) is 127 Å². The molecule has 0 saturated carbocycles. The van der Waals surface area contributed by atoms with Crippen molar-refractivity contribution in [2.45, 2.75) is 0 Å². The van der Waals surface area contributed by atoms with Crippen LogP contribution < -0.4 is 18.1 Å². The minimum atomic E-state index is -1.80. The molecule has 0 bridgehead atoms. The fraction of sp³-hybridized carbons (Fsp3) is 0. The van der Waals surface area contributed by atoms with E-state index in [2.05, 4.69) is 6.07 Å². The Bertz CT molecular complexity index is 2070. The van der Waals surface area contributed by atoms with E-state index in [1.54, 1.807) is 0 Å². The normalized spacial score (nSPS) is 13.9. The first-order chi connectivity index (χ1) is 20.8. The zero-order valence-electron chi connectivity index (χ0n) is 22.0. The van der Waals surface area contributed by atoms with Crippen molar-refractivity contribution in [3.05, 3.63) is 133 Å². The van der Waals surface area contributed by atoms with Crippen molar-refractivity contribution in [1.82, 2.24) is 0 Å². The lowest BCUT2D eigenvalue weighted by Crippen LogP contribution is -2.07. The first-order valence-electron chi connectivity index (χ1n) is 13.4. The smallest absolute Gasteiger partial charge is 0.409 e. The van der Waals surface area contributed by atoms with Crippen LogP contribution in [0.5, 0.6) is 23.0 Å². The zero-order chi connectivity index (χ0) is 27.9. The van der Waals surface area contributed by atoms with E-state index in [0.29, 0.717) is 28.4 Å². The van der Waals surface area contributed by atoms with Gasteiger partial charge in [-0.25, -0.2) is 0 Å². The van der Waals surface area contributed by atoms with Gasteiger partial charge in [0.25, 0.3) is 0 Å². The molecule has 42 heavy (non-hydrogen) atoms. The number of benzene rings is 6. The lowest BCUT2D eigenvalue weighted by molar-refractivity contribution is 0.381. The predicted molar refractivity (Wildman–Crippen MR) is 167 cm³/mol. The van der Waals surface area contributed by atoms with Crippen molar-refractivity contribution in [2.24, 2.45) is 0 Å². The van der Waals surface area contributed by atoms with Crippen LogP contribution in [0.4, 0.5) is 0 Å². The van der Waals surface area contributed by atoms with Gasteiger partial charge in [-0.3, -0.25) is 0 Å². The Morgan fingerprint density at radius 3 is 1.98 bits per heavy atom. The highest BCUT2D eigenvalue weighted by atomic mass is 31.2. The minimum absolute atomic E-state index is 0.637. The van der Waals surface area contributed by atoms with Gasteiger partial charge in [-0.15, -0.1) is 0 Å². The number of fused-ring (bicyclic) bond motifs is 3. The highest BCUT2D eigenvalue weighted by Gasteiger charge is 2.29. The molecule has 1 atom stereocenters. The van der Waals surface area contributed by atoms with Gasteiger partial charge >= 0.3 is 16.8 Å².